The van der Waals surface area contributed by atoms with Gasteiger partial charge in [-0.05, 0) is 18.9 Å². The highest BCUT2D eigenvalue weighted by atomic mass is 35.5. The van der Waals surface area contributed by atoms with Crippen LogP contribution in [0.2, 0.25) is 5.02 Å². The summed E-state index contributed by atoms with van der Waals surface area (Å²) in [6.45, 7) is 0. The van der Waals surface area contributed by atoms with Crippen molar-refractivity contribution in [1.82, 2.24) is 15.0 Å². The number of H-pyrrole nitrogens is 1. The summed E-state index contributed by atoms with van der Waals surface area (Å²) in [5.74, 6) is 0. The number of hydrogen-bond donors (Lipinski definition) is 1. The van der Waals surface area contributed by atoms with Gasteiger partial charge in [0, 0.05) is 5.56 Å². The van der Waals surface area contributed by atoms with Gasteiger partial charge >= 0.3 is 0 Å². The van der Waals surface area contributed by atoms with Gasteiger partial charge in [0.1, 0.15) is 6.10 Å². The third-order valence-corrected chi connectivity index (χ3v) is 3.54. The van der Waals surface area contributed by atoms with Gasteiger partial charge in [-0.3, -0.25) is 0 Å². The number of fused-ring (bicyclic) bond motifs is 1. The average molecular weight is 286 g/mol. The zero-order valence-electron chi connectivity index (χ0n) is 10.6. The van der Waals surface area contributed by atoms with Gasteiger partial charge in [-0.15, -0.1) is 0 Å². The topological polar surface area (TPSA) is 50.8 Å². The smallest absolute Gasteiger partial charge is 0.296 e. The zero-order chi connectivity index (χ0) is 13.5. The number of hydrogen-bond acceptors (Lipinski definition) is 3. The minimum atomic E-state index is 0.305. The Bertz CT molecular complexity index is 765. The number of aromatic nitrogens is 3. The van der Waals surface area contributed by atoms with Crippen molar-refractivity contribution in [2.45, 2.75) is 18.9 Å². The summed E-state index contributed by atoms with van der Waals surface area (Å²) in [7, 11) is 0. The van der Waals surface area contributed by atoms with E-state index in [2.05, 4.69) is 15.0 Å². The van der Waals surface area contributed by atoms with Crippen molar-refractivity contribution >= 4 is 22.8 Å². The standard InChI is InChI=1S/C15H12ClN3O/c16-11-8-12-14(19-15(17-12)20-10-6-7-10)18-13(11)9-4-2-1-3-5-9/h1-5,8,10H,6-7H2,(H,17,18,19). The van der Waals surface area contributed by atoms with Crippen molar-refractivity contribution in [2.24, 2.45) is 0 Å². The number of benzene rings is 1. The zero-order valence-corrected chi connectivity index (χ0v) is 11.4. The predicted octanol–water partition coefficient (Wildman–Crippen LogP) is 3.82. The number of rotatable bonds is 3. The first kappa shape index (κ1) is 11.7. The molecule has 0 saturated heterocycles. The molecule has 1 aromatic carbocycles. The Morgan fingerprint density at radius 1 is 1.15 bits per heavy atom. The number of pyridine rings is 1. The Hall–Kier alpha value is -2.07. The van der Waals surface area contributed by atoms with Crippen LogP contribution in [0.5, 0.6) is 6.01 Å². The molecule has 0 amide bonds. The molecule has 0 atom stereocenters. The van der Waals surface area contributed by atoms with E-state index in [4.69, 9.17) is 16.3 Å². The molecule has 1 aliphatic rings. The number of ether oxygens (including phenoxy) is 1. The van der Waals surface area contributed by atoms with Crippen molar-refractivity contribution in [2.75, 3.05) is 0 Å². The SMILES string of the molecule is Clc1cc2[nH]c(OC3CC3)nc2nc1-c1ccccc1. The molecule has 4 nitrogen and oxygen atoms in total. The summed E-state index contributed by atoms with van der Waals surface area (Å²) < 4.78 is 5.65. The van der Waals surface area contributed by atoms with Gasteiger partial charge in [-0.1, -0.05) is 41.9 Å². The second kappa shape index (κ2) is 4.49. The van der Waals surface area contributed by atoms with Crippen LogP contribution < -0.4 is 4.74 Å². The molecule has 0 radical (unpaired) electrons. The molecule has 1 fully saturated rings. The van der Waals surface area contributed by atoms with E-state index in [0.717, 1.165) is 29.6 Å². The van der Waals surface area contributed by atoms with Gasteiger partial charge in [0.2, 0.25) is 0 Å². The lowest BCUT2D eigenvalue weighted by molar-refractivity contribution is 0.282. The fourth-order valence-corrected chi connectivity index (χ4v) is 2.35. The predicted molar refractivity (Wildman–Crippen MR) is 78.0 cm³/mol. The number of nitrogens with one attached hydrogen (secondary N) is 1. The summed E-state index contributed by atoms with van der Waals surface area (Å²) in [5, 5.41) is 0.602. The molecule has 100 valence electrons. The molecule has 1 saturated carbocycles. The van der Waals surface area contributed by atoms with Gasteiger partial charge < -0.3 is 9.72 Å². The lowest BCUT2D eigenvalue weighted by Crippen LogP contribution is -1.96. The molecule has 0 spiro atoms. The number of aromatic amines is 1. The van der Waals surface area contributed by atoms with E-state index in [0.29, 0.717) is 22.8 Å². The van der Waals surface area contributed by atoms with Gasteiger partial charge in [0.05, 0.1) is 16.2 Å². The largest absolute Gasteiger partial charge is 0.461 e. The van der Waals surface area contributed by atoms with Crippen LogP contribution in [0.25, 0.3) is 22.4 Å². The third-order valence-electron chi connectivity index (χ3n) is 3.25. The molecular weight excluding hydrogens is 274 g/mol. The molecule has 2 aromatic heterocycles. The van der Waals surface area contributed by atoms with Gasteiger partial charge in [0.25, 0.3) is 6.01 Å². The van der Waals surface area contributed by atoms with Crippen molar-refractivity contribution in [3.05, 3.63) is 41.4 Å². The fourth-order valence-electron chi connectivity index (χ4n) is 2.09. The summed E-state index contributed by atoms with van der Waals surface area (Å²) in [6.07, 6.45) is 2.50. The van der Waals surface area contributed by atoms with Crippen LogP contribution in [-0.2, 0) is 0 Å². The molecule has 2 heterocycles. The summed E-state index contributed by atoms with van der Waals surface area (Å²) >= 11 is 6.31. The molecule has 0 aliphatic heterocycles. The first-order valence-electron chi connectivity index (χ1n) is 6.58. The molecule has 20 heavy (non-hydrogen) atoms. The second-order valence-corrected chi connectivity index (χ2v) is 5.32. The Kier molecular flexibility index (Phi) is 2.63. The van der Waals surface area contributed by atoms with E-state index in [1.165, 1.54) is 0 Å². The van der Waals surface area contributed by atoms with Crippen LogP contribution in [0.1, 0.15) is 12.8 Å². The van der Waals surface area contributed by atoms with Gasteiger partial charge in [-0.25, -0.2) is 4.98 Å². The summed E-state index contributed by atoms with van der Waals surface area (Å²) in [4.78, 5) is 12.0. The molecule has 3 aromatic rings. The molecule has 4 rings (SSSR count). The van der Waals surface area contributed by atoms with E-state index in [1.54, 1.807) is 0 Å². The molecule has 1 aliphatic carbocycles. The average Bonchev–Trinajstić information content (AvgIpc) is 3.18. The highest BCUT2D eigenvalue weighted by Crippen LogP contribution is 2.30. The van der Waals surface area contributed by atoms with E-state index in [-0.39, 0.29) is 0 Å². The van der Waals surface area contributed by atoms with E-state index >= 15 is 0 Å². The third kappa shape index (κ3) is 2.12. The Morgan fingerprint density at radius 3 is 2.70 bits per heavy atom. The maximum atomic E-state index is 6.31. The second-order valence-electron chi connectivity index (χ2n) is 4.92. The van der Waals surface area contributed by atoms with E-state index in [1.807, 2.05) is 36.4 Å². The summed E-state index contributed by atoms with van der Waals surface area (Å²) in [6, 6.07) is 12.2. The molecular formula is C15H12ClN3O. The van der Waals surface area contributed by atoms with Crippen LogP contribution in [0.15, 0.2) is 36.4 Å². The van der Waals surface area contributed by atoms with Crippen LogP contribution in [-0.4, -0.2) is 21.1 Å². The van der Waals surface area contributed by atoms with Crippen molar-refractivity contribution in [3.63, 3.8) is 0 Å². The first-order valence-corrected chi connectivity index (χ1v) is 6.96. The Balaban J connectivity index is 1.80. The van der Waals surface area contributed by atoms with Crippen LogP contribution >= 0.6 is 11.6 Å². The lowest BCUT2D eigenvalue weighted by Gasteiger charge is -2.02. The van der Waals surface area contributed by atoms with Crippen molar-refractivity contribution in [3.8, 4) is 17.3 Å². The van der Waals surface area contributed by atoms with E-state index < -0.39 is 0 Å². The lowest BCUT2D eigenvalue weighted by atomic mass is 10.1. The maximum absolute atomic E-state index is 6.31. The quantitative estimate of drug-likeness (QED) is 0.796. The monoisotopic (exact) mass is 285 g/mol. The minimum Gasteiger partial charge on any atom is -0.461 e. The van der Waals surface area contributed by atoms with Crippen molar-refractivity contribution in [1.29, 1.82) is 0 Å². The van der Waals surface area contributed by atoms with Crippen molar-refractivity contribution < 1.29 is 4.74 Å². The van der Waals surface area contributed by atoms with E-state index in [9.17, 15) is 0 Å². The summed E-state index contributed by atoms with van der Waals surface area (Å²) in [5.41, 5.74) is 3.14. The molecule has 5 heteroatoms. The highest BCUT2D eigenvalue weighted by molar-refractivity contribution is 6.33. The molecule has 1 N–H and O–H groups in total. The molecule has 0 bridgehead atoms. The number of nitrogens with zero attached hydrogens (tertiary/aromatic N) is 2. The number of halogens is 1. The minimum absolute atomic E-state index is 0.305. The van der Waals surface area contributed by atoms with Crippen LogP contribution in [0, 0.1) is 0 Å². The van der Waals surface area contributed by atoms with Gasteiger partial charge in [0.15, 0.2) is 5.65 Å². The molecule has 0 unspecified atom stereocenters. The normalized spacial score (nSPS) is 14.7. The first-order chi connectivity index (χ1) is 9.79. The number of imidazole rings is 1. The Labute approximate surface area is 120 Å². The Morgan fingerprint density at radius 2 is 1.95 bits per heavy atom. The van der Waals surface area contributed by atoms with Gasteiger partial charge in [-0.2, -0.15) is 4.98 Å². The van der Waals surface area contributed by atoms with Crippen LogP contribution in [0.3, 0.4) is 0 Å². The maximum Gasteiger partial charge on any atom is 0.296 e. The highest BCUT2D eigenvalue weighted by Gasteiger charge is 2.25. The fraction of sp³-hybridized carbons (Fsp3) is 0.200. The van der Waals surface area contributed by atoms with Crippen LogP contribution in [0.4, 0.5) is 0 Å².